The first kappa shape index (κ1) is 22.8. The Morgan fingerprint density at radius 2 is 1.82 bits per heavy atom. The molecule has 174 valence electrons. The van der Waals surface area contributed by atoms with Crippen LogP contribution in [0.3, 0.4) is 0 Å². The lowest BCUT2D eigenvalue weighted by molar-refractivity contribution is 0.116. The van der Waals surface area contributed by atoms with Gasteiger partial charge in [0.05, 0.1) is 18.1 Å². The molecule has 1 saturated heterocycles. The largest absolute Gasteiger partial charge is 0.415 e. The predicted molar refractivity (Wildman–Crippen MR) is 115 cm³/mol. The predicted octanol–water partition coefficient (Wildman–Crippen LogP) is 3.23. The highest BCUT2D eigenvalue weighted by Gasteiger charge is 2.29. The van der Waals surface area contributed by atoms with Gasteiger partial charge in [-0.05, 0) is 36.8 Å². The number of nitrogens with zero attached hydrogens (tertiary/aromatic N) is 5. The van der Waals surface area contributed by atoms with E-state index in [0.717, 1.165) is 11.3 Å². The number of benzene rings is 1. The van der Waals surface area contributed by atoms with Gasteiger partial charge in [0, 0.05) is 24.3 Å². The molecule has 1 aromatic carbocycles. The van der Waals surface area contributed by atoms with E-state index >= 15 is 0 Å². The highest BCUT2D eigenvalue weighted by atomic mass is 32.2. The highest BCUT2D eigenvalue weighted by Crippen LogP contribution is 2.25. The summed E-state index contributed by atoms with van der Waals surface area (Å²) in [7, 11) is -3.13. The molecule has 9 nitrogen and oxygen atoms in total. The summed E-state index contributed by atoms with van der Waals surface area (Å²) < 4.78 is 53.9. The van der Waals surface area contributed by atoms with Crippen molar-refractivity contribution in [1.29, 1.82) is 0 Å². The van der Waals surface area contributed by atoms with Crippen LogP contribution in [0.15, 0.2) is 46.9 Å². The molecule has 0 saturated carbocycles. The summed E-state index contributed by atoms with van der Waals surface area (Å²) in [5, 5.41) is 6.95. The number of carbonyl (C=O) groups excluding carboxylic acids is 1. The number of sulfone groups is 1. The average molecular weight is 477 g/mol. The van der Waals surface area contributed by atoms with Crippen molar-refractivity contribution in [1.82, 2.24) is 20.1 Å². The minimum atomic E-state index is -3.13. The molecule has 1 fully saturated rings. The number of aromatic nitrogens is 3. The molecular formula is C21H21F2N5O4S. The normalized spacial score (nSPS) is 15.6. The van der Waals surface area contributed by atoms with Crippen LogP contribution in [0.25, 0.3) is 11.5 Å². The first-order chi connectivity index (χ1) is 15.7. The van der Waals surface area contributed by atoms with Crippen LogP contribution in [0.5, 0.6) is 0 Å². The number of anilines is 1. The molecule has 2 amide bonds. The summed E-state index contributed by atoms with van der Waals surface area (Å²) >= 11 is 0. The van der Waals surface area contributed by atoms with Crippen LogP contribution in [0.1, 0.15) is 23.6 Å². The van der Waals surface area contributed by atoms with Gasteiger partial charge in [-0.1, -0.05) is 18.2 Å². The third-order valence-corrected chi connectivity index (χ3v) is 6.77. The average Bonchev–Trinajstić information content (AvgIpc) is 3.28. The van der Waals surface area contributed by atoms with Crippen LogP contribution in [-0.4, -0.2) is 59.1 Å². The SMILES string of the molecule is Cc1cccc(N(Cc2ccc(-c3nnc(C(F)F)o3)cc2)C(=O)N2CCS(=O)(=O)CC2)n1. The number of amides is 2. The van der Waals surface area contributed by atoms with Gasteiger partial charge < -0.3 is 9.32 Å². The molecule has 0 bridgehead atoms. The first-order valence-corrected chi connectivity index (χ1v) is 12.0. The van der Waals surface area contributed by atoms with Crippen molar-refractivity contribution in [3.8, 4) is 11.5 Å². The first-order valence-electron chi connectivity index (χ1n) is 10.1. The van der Waals surface area contributed by atoms with E-state index in [2.05, 4.69) is 15.2 Å². The Labute approximate surface area is 189 Å². The van der Waals surface area contributed by atoms with Crippen molar-refractivity contribution < 1.29 is 26.4 Å². The van der Waals surface area contributed by atoms with Gasteiger partial charge in [-0.25, -0.2) is 18.2 Å². The molecule has 0 N–H and O–H groups in total. The molecule has 1 aliphatic heterocycles. The number of aryl methyl sites for hydroxylation is 1. The smallest absolute Gasteiger partial charge is 0.326 e. The summed E-state index contributed by atoms with van der Waals surface area (Å²) in [5.74, 6) is -0.490. The third kappa shape index (κ3) is 5.33. The summed E-state index contributed by atoms with van der Waals surface area (Å²) in [4.78, 5) is 20.7. The fourth-order valence-electron chi connectivity index (χ4n) is 3.37. The van der Waals surface area contributed by atoms with Gasteiger partial charge in [0.25, 0.3) is 5.89 Å². The molecule has 3 heterocycles. The van der Waals surface area contributed by atoms with Crippen LogP contribution < -0.4 is 4.90 Å². The second kappa shape index (κ2) is 9.22. The monoisotopic (exact) mass is 477 g/mol. The molecule has 0 radical (unpaired) electrons. The molecule has 1 aliphatic rings. The van der Waals surface area contributed by atoms with Gasteiger partial charge in [-0.3, -0.25) is 4.90 Å². The zero-order valence-corrected chi connectivity index (χ0v) is 18.5. The second-order valence-corrected chi connectivity index (χ2v) is 9.89. The van der Waals surface area contributed by atoms with Gasteiger partial charge >= 0.3 is 12.5 Å². The Bertz CT molecular complexity index is 1230. The number of hydrogen-bond acceptors (Lipinski definition) is 7. The molecule has 0 unspecified atom stereocenters. The van der Waals surface area contributed by atoms with E-state index in [1.807, 2.05) is 13.0 Å². The van der Waals surface area contributed by atoms with Crippen LogP contribution >= 0.6 is 0 Å². The van der Waals surface area contributed by atoms with Crippen LogP contribution in [-0.2, 0) is 16.4 Å². The minimum absolute atomic E-state index is 0.0281. The lowest BCUT2D eigenvalue weighted by Crippen LogP contribution is -2.50. The fourth-order valence-corrected chi connectivity index (χ4v) is 4.58. The van der Waals surface area contributed by atoms with Crippen molar-refractivity contribution >= 4 is 21.7 Å². The van der Waals surface area contributed by atoms with Crippen molar-refractivity contribution in [2.75, 3.05) is 29.5 Å². The highest BCUT2D eigenvalue weighted by molar-refractivity contribution is 7.91. The maximum absolute atomic E-state index is 13.3. The van der Waals surface area contributed by atoms with E-state index in [1.54, 1.807) is 36.4 Å². The molecule has 4 rings (SSSR count). The van der Waals surface area contributed by atoms with Crippen LogP contribution in [0.2, 0.25) is 0 Å². The van der Waals surface area contributed by atoms with Gasteiger partial charge in [-0.2, -0.15) is 8.78 Å². The van der Waals surface area contributed by atoms with E-state index in [1.165, 1.54) is 9.80 Å². The Morgan fingerprint density at radius 1 is 1.12 bits per heavy atom. The van der Waals surface area contributed by atoms with E-state index in [4.69, 9.17) is 4.42 Å². The quantitative estimate of drug-likeness (QED) is 0.555. The number of urea groups is 1. The van der Waals surface area contributed by atoms with Gasteiger partial charge in [0.1, 0.15) is 5.82 Å². The number of carbonyl (C=O) groups is 1. The summed E-state index contributed by atoms with van der Waals surface area (Å²) in [6, 6.07) is 11.7. The van der Waals surface area contributed by atoms with Crippen molar-refractivity contribution in [3.05, 3.63) is 59.6 Å². The lowest BCUT2D eigenvalue weighted by Gasteiger charge is -2.32. The maximum atomic E-state index is 13.3. The Hall–Kier alpha value is -3.41. The summed E-state index contributed by atoms with van der Waals surface area (Å²) in [6.45, 7) is 2.22. The third-order valence-electron chi connectivity index (χ3n) is 5.16. The van der Waals surface area contributed by atoms with E-state index < -0.39 is 22.2 Å². The lowest BCUT2D eigenvalue weighted by atomic mass is 10.1. The Morgan fingerprint density at radius 3 is 2.42 bits per heavy atom. The number of pyridine rings is 1. The fraction of sp³-hybridized carbons (Fsp3) is 0.333. The zero-order chi connectivity index (χ0) is 23.6. The van der Waals surface area contributed by atoms with Gasteiger partial charge in [-0.15, -0.1) is 10.2 Å². The van der Waals surface area contributed by atoms with Crippen LogP contribution in [0, 0.1) is 6.92 Å². The molecule has 0 aliphatic carbocycles. The van der Waals surface area contributed by atoms with Crippen molar-refractivity contribution in [3.63, 3.8) is 0 Å². The second-order valence-electron chi connectivity index (χ2n) is 7.59. The van der Waals surface area contributed by atoms with Crippen LogP contribution in [0.4, 0.5) is 19.4 Å². The molecule has 2 aromatic heterocycles. The minimum Gasteiger partial charge on any atom is -0.415 e. The van der Waals surface area contributed by atoms with Gasteiger partial charge in [0.2, 0.25) is 5.89 Å². The molecular weight excluding hydrogens is 456 g/mol. The van der Waals surface area contributed by atoms with E-state index in [9.17, 15) is 22.0 Å². The maximum Gasteiger partial charge on any atom is 0.326 e. The summed E-state index contributed by atoms with van der Waals surface area (Å²) in [5.41, 5.74) is 1.94. The van der Waals surface area contributed by atoms with Crippen molar-refractivity contribution in [2.24, 2.45) is 0 Å². The van der Waals surface area contributed by atoms with E-state index in [-0.39, 0.29) is 43.1 Å². The number of hydrogen-bond donors (Lipinski definition) is 0. The molecule has 3 aromatic rings. The molecule has 12 heteroatoms. The standard InChI is InChI=1S/C21H21F2N5O4S/c1-14-3-2-4-17(24-14)28(21(29)27-9-11-33(30,31)12-10-27)13-15-5-7-16(8-6-15)19-25-26-20(32-19)18(22)23/h2-8,18H,9-13H2,1H3. The molecule has 33 heavy (non-hydrogen) atoms. The van der Waals surface area contributed by atoms with E-state index in [0.29, 0.717) is 11.4 Å². The summed E-state index contributed by atoms with van der Waals surface area (Å²) in [6.07, 6.45) is -2.85. The molecule has 0 spiro atoms. The number of halogens is 2. The van der Waals surface area contributed by atoms with Gasteiger partial charge in [0.15, 0.2) is 9.84 Å². The zero-order valence-electron chi connectivity index (χ0n) is 17.7. The Balaban J connectivity index is 1.56. The van der Waals surface area contributed by atoms with Crippen molar-refractivity contribution in [2.45, 2.75) is 19.9 Å². The molecule has 0 atom stereocenters. The number of rotatable bonds is 5. The topological polar surface area (TPSA) is 110 Å². The number of alkyl halides is 2. The Kier molecular flexibility index (Phi) is 6.36.